The van der Waals surface area contributed by atoms with Gasteiger partial charge in [0.25, 0.3) is 0 Å². The van der Waals surface area contributed by atoms with Crippen LogP contribution in [-0.2, 0) is 43.4 Å². The SMILES string of the molecule is C[C@@H](NC(=O)[C@H](Cc1ccc(OCc2ccccc2)cc1)NC(=O)OC(C)(C)C)C(=O)NCC(=O)N[C@@](C)(Cc1ccccc1)C(=O)O. The first-order chi connectivity index (χ1) is 22.6. The summed E-state index contributed by atoms with van der Waals surface area (Å²) in [5, 5.41) is 19.8. The lowest BCUT2D eigenvalue weighted by Gasteiger charge is -2.27. The van der Waals surface area contributed by atoms with Gasteiger partial charge in [0, 0.05) is 12.8 Å². The molecular formula is C36H44N4O8. The molecule has 0 aliphatic heterocycles. The molecule has 0 bridgehead atoms. The molecule has 5 N–H and O–H groups in total. The number of rotatable bonds is 15. The molecule has 0 heterocycles. The lowest BCUT2D eigenvalue weighted by molar-refractivity contribution is -0.146. The van der Waals surface area contributed by atoms with Crippen molar-refractivity contribution in [1.29, 1.82) is 0 Å². The minimum atomic E-state index is -1.62. The van der Waals surface area contributed by atoms with Crippen LogP contribution < -0.4 is 26.0 Å². The van der Waals surface area contributed by atoms with Crippen LogP contribution in [-0.4, -0.2) is 64.7 Å². The second kappa shape index (κ2) is 17.0. The number of aliphatic carboxylic acids is 1. The third-order valence-electron chi connectivity index (χ3n) is 7.08. The maximum absolute atomic E-state index is 13.3. The van der Waals surface area contributed by atoms with Crippen LogP contribution in [0.2, 0.25) is 0 Å². The Morgan fingerprint density at radius 1 is 0.750 bits per heavy atom. The Balaban J connectivity index is 1.59. The molecule has 48 heavy (non-hydrogen) atoms. The van der Waals surface area contributed by atoms with Crippen LogP contribution in [0.3, 0.4) is 0 Å². The number of amides is 4. The molecule has 12 nitrogen and oxygen atoms in total. The number of alkyl carbamates (subject to hydrolysis) is 1. The van der Waals surface area contributed by atoms with Crippen LogP contribution in [0, 0.1) is 0 Å². The Bertz CT molecular complexity index is 1540. The van der Waals surface area contributed by atoms with Gasteiger partial charge in [-0.05, 0) is 63.4 Å². The van der Waals surface area contributed by atoms with E-state index in [2.05, 4.69) is 21.3 Å². The van der Waals surface area contributed by atoms with Gasteiger partial charge in [0.15, 0.2) is 0 Å². The first-order valence-electron chi connectivity index (χ1n) is 15.5. The van der Waals surface area contributed by atoms with Gasteiger partial charge in [0.2, 0.25) is 17.7 Å². The number of hydrogen-bond acceptors (Lipinski definition) is 7. The number of carbonyl (C=O) groups excluding carboxylic acids is 4. The summed E-state index contributed by atoms with van der Waals surface area (Å²) in [5.74, 6) is -2.66. The molecular weight excluding hydrogens is 616 g/mol. The zero-order valence-corrected chi connectivity index (χ0v) is 27.9. The Morgan fingerprint density at radius 2 is 1.33 bits per heavy atom. The average Bonchev–Trinajstić information content (AvgIpc) is 3.02. The Morgan fingerprint density at radius 3 is 1.90 bits per heavy atom. The molecule has 0 saturated carbocycles. The lowest BCUT2D eigenvalue weighted by atomic mass is 9.93. The lowest BCUT2D eigenvalue weighted by Crippen LogP contribution is -2.57. The average molecular weight is 661 g/mol. The third-order valence-corrected chi connectivity index (χ3v) is 7.08. The zero-order chi connectivity index (χ0) is 35.3. The van der Waals surface area contributed by atoms with Crippen molar-refractivity contribution in [2.75, 3.05) is 6.54 Å². The molecule has 3 aromatic rings. The maximum atomic E-state index is 13.3. The fourth-order valence-electron chi connectivity index (χ4n) is 4.59. The maximum Gasteiger partial charge on any atom is 0.408 e. The minimum Gasteiger partial charge on any atom is -0.489 e. The van der Waals surface area contributed by atoms with Gasteiger partial charge >= 0.3 is 12.1 Å². The van der Waals surface area contributed by atoms with Gasteiger partial charge < -0.3 is 35.8 Å². The molecule has 0 aromatic heterocycles. The van der Waals surface area contributed by atoms with Crippen molar-refractivity contribution < 1.29 is 38.6 Å². The summed E-state index contributed by atoms with van der Waals surface area (Å²) in [5.41, 5.74) is 0.0129. The van der Waals surface area contributed by atoms with Gasteiger partial charge in [-0.1, -0.05) is 72.8 Å². The van der Waals surface area contributed by atoms with E-state index >= 15 is 0 Å². The topological polar surface area (TPSA) is 172 Å². The predicted molar refractivity (Wildman–Crippen MR) is 179 cm³/mol. The van der Waals surface area contributed by atoms with Crippen molar-refractivity contribution >= 4 is 29.8 Å². The standard InChI is InChI=1S/C36H44N4O8/c1-24(31(42)37-22-30(41)40-36(5,33(44)45)21-26-12-8-6-9-13-26)38-32(43)29(39-34(46)48-35(2,3)4)20-25-16-18-28(19-17-25)47-23-27-14-10-7-11-15-27/h6-19,24,29H,20-23H2,1-5H3,(H,37,42)(H,38,43)(H,39,46)(H,40,41)(H,44,45)/t24-,29+,36+/m1/s1. The molecule has 0 fully saturated rings. The number of nitrogens with one attached hydrogen (secondary N) is 4. The fourth-order valence-corrected chi connectivity index (χ4v) is 4.59. The highest BCUT2D eigenvalue weighted by Crippen LogP contribution is 2.17. The number of benzene rings is 3. The van der Waals surface area contributed by atoms with E-state index in [9.17, 15) is 29.1 Å². The molecule has 256 valence electrons. The Kier molecular flexibility index (Phi) is 13.1. The van der Waals surface area contributed by atoms with Gasteiger partial charge in [-0.2, -0.15) is 0 Å². The third kappa shape index (κ3) is 12.4. The minimum absolute atomic E-state index is 0.0325. The van der Waals surface area contributed by atoms with Crippen molar-refractivity contribution in [2.24, 2.45) is 0 Å². The van der Waals surface area contributed by atoms with Gasteiger partial charge in [-0.25, -0.2) is 9.59 Å². The fraction of sp³-hybridized carbons (Fsp3) is 0.361. The van der Waals surface area contributed by atoms with Crippen molar-refractivity contribution in [3.8, 4) is 5.75 Å². The predicted octanol–water partition coefficient (Wildman–Crippen LogP) is 3.52. The molecule has 0 aliphatic carbocycles. The molecule has 3 atom stereocenters. The number of carboxylic acid groups (broad SMARTS) is 1. The Hall–Kier alpha value is -5.39. The highest BCUT2D eigenvalue weighted by atomic mass is 16.6. The van der Waals surface area contributed by atoms with E-state index in [1.165, 1.54) is 13.8 Å². The van der Waals surface area contributed by atoms with Crippen molar-refractivity contribution in [3.05, 3.63) is 102 Å². The molecule has 0 saturated heterocycles. The second-order valence-corrected chi connectivity index (χ2v) is 12.6. The molecule has 0 unspecified atom stereocenters. The van der Waals surface area contributed by atoms with Crippen molar-refractivity contribution in [1.82, 2.24) is 21.3 Å². The molecule has 0 spiro atoms. The number of hydrogen-bond donors (Lipinski definition) is 5. The summed E-state index contributed by atoms with van der Waals surface area (Å²) in [6.07, 6.45) is -0.697. The summed E-state index contributed by atoms with van der Waals surface area (Å²) >= 11 is 0. The van der Waals surface area contributed by atoms with Gasteiger partial charge in [0.1, 0.15) is 35.6 Å². The van der Waals surface area contributed by atoms with Gasteiger partial charge in [-0.15, -0.1) is 0 Å². The van der Waals surface area contributed by atoms with E-state index < -0.39 is 59.6 Å². The Labute approximate surface area is 280 Å². The highest BCUT2D eigenvalue weighted by Gasteiger charge is 2.35. The molecule has 4 amide bonds. The van der Waals surface area contributed by atoms with Gasteiger partial charge in [-0.3, -0.25) is 14.4 Å². The second-order valence-electron chi connectivity index (χ2n) is 12.6. The van der Waals surface area contributed by atoms with Crippen LogP contribution in [0.1, 0.15) is 51.3 Å². The molecule has 3 aromatic carbocycles. The summed E-state index contributed by atoms with van der Waals surface area (Å²) < 4.78 is 11.2. The van der Waals surface area contributed by atoms with Crippen LogP contribution >= 0.6 is 0 Å². The molecule has 3 rings (SSSR count). The van der Waals surface area contributed by atoms with Crippen molar-refractivity contribution in [3.63, 3.8) is 0 Å². The monoisotopic (exact) mass is 660 g/mol. The van der Waals surface area contributed by atoms with Crippen LogP contribution in [0.4, 0.5) is 4.79 Å². The van der Waals surface area contributed by atoms with E-state index in [0.717, 1.165) is 5.56 Å². The molecule has 0 aliphatic rings. The molecule has 12 heteroatoms. The quantitative estimate of drug-likeness (QED) is 0.165. The normalized spacial score (nSPS) is 13.5. The van der Waals surface area contributed by atoms with Crippen LogP contribution in [0.15, 0.2) is 84.9 Å². The number of carboxylic acids is 1. The number of carbonyl (C=O) groups is 5. The van der Waals surface area contributed by atoms with Crippen LogP contribution in [0.5, 0.6) is 5.75 Å². The summed E-state index contributed by atoms with van der Waals surface area (Å²) in [7, 11) is 0. The summed E-state index contributed by atoms with van der Waals surface area (Å²) in [4.78, 5) is 63.4. The van der Waals surface area contributed by atoms with Crippen molar-refractivity contribution in [2.45, 2.75) is 77.3 Å². The van der Waals surface area contributed by atoms with E-state index in [-0.39, 0.29) is 12.8 Å². The largest absolute Gasteiger partial charge is 0.489 e. The summed E-state index contributed by atoms with van der Waals surface area (Å²) in [6, 6.07) is 23.4. The number of ether oxygens (including phenoxy) is 2. The van der Waals surface area contributed by atoms with E-state index in [1.54, 1.807) is 75.4 Å². The van der Waals surface area contributed by atoms with E-state index in [4.69, 9.17) is 9.47 Å². The smallest absolute Gasteiger partial charge is 0.408 e. The molecule has 0 radical (unpaired) electrons. The highest BCUT2D eigenvalue weighted by molar-refractivity contribution is 5.94. The first kappa shape index (κ1) is 37.1. The zero-order valence-electron chi connectivity index (χ0n) is 27.9. The van der Waals surface area contributed by atoms with E-state index in [1.807, 2.05) is 30.3 Å². The first-order valence-corrected chi connectivity index (χ1v) is 15.5. The van der Waals surface area contributed by atoms with E-state index in [0.29, 0.717) is 23.5 Å². The summed E-state index contributed by atoms with van der Waals surface area (Å²) in [6.45, 7) is 7.76. The van der Waals surface area contributed by atoms with Gasteiger partial charge in [0.05, 0.1) is 6.54 Å². The van der Waals surface area contributed by atoms with Crippen LogP contribution in [0.25, 0.3) is 0 Å².